The molecular weight excluding hydrogens is 188 g/mol. The fourth-order valence-corrected chi connectivity index (χ4v) is 1.78. The van der Waals surface area contributed by atoms with E-state index in [1.165, 1.54) is 5.56 Å². The zero-order valence-electron chi connectivity index (χ0n) is 9.19. The quantitative estimate of drug-likeness (QED) is 0.756. The Morgan fingerprint density at radius 2 is 1.93 bits per heavy atom. The highest BCUT2D eigenvalue weighted by Gasteiger charge is 2.28. The monoisotopic (exact) mass is 204 g/mol. The van der Waals surface area contributed by atoms with E-state index < -0.39 is 0 Å². The molecule has 0 aromatic heterocycles. The highest BCUT2D eigenvalue weighted by Crippen LogP contribution is 2.29. The van der Waals surface area contributed by atoms with Gasteiger partial charge in [0.2, 0.25) is 0 Å². The Balaban J connectivity index is 2.10. The lowest BCUT2D eigenvalue weighted by atomic mass is 9.94. The van der Waals surface area contributed by atoms with Crippen molar-refractivity contribution in [1.82, 2.24) is 0 Å². The molecule has 0 radical (unpaired) electrons. The Kier molecular flexibility index (Phi) is 2.76. The van der Waals surface area contributed by atoms with E-state index in [0.717, 1.165) is 5.75 Å². The molecule has 1 aromatic carbocycles. The predicted octanol–water partition coefficient (Wildman–Crippen LogP) is 2.92. The van der Waals surface area contributed by atoms with Crippen molar-refractivity contribution in [3.63, 3.8) is 0 Å². The van der Waals surface area contributed by atoms with Crippen molar-refractivity contribution in [2.75, 3.05) is 0 Å². The largest absolute Gasteiger partial charge is 0.489 e. The average molecular weight is 204 g/mol. The van der Waals surface area contributed by atoms with Gasteiger partial charge in [-0.25, -0.2) is 0 Å². The maximum absolute atomic E-state index is 10.8. The maximum Gasteiger partial charge on any atom is 0.140 e. The molecule has 1 fully saturated rings. The summed E-state index contributed by atoms with van der Waals surface area (Å²) in [6, 6.07) is 8.06. The number of ketones is 1. The number of hydrogen-bond acceptors (Lipinski definition) is 2. The van der Waals surface area contributed by atoms with Gasteiger partial charge in [0.25, 0.3) is 0 Å². The minimum atomic E-state index is 0.109. The van der Waals surface area contributed by atoms with Crippen LogP contribution in [0.25, 0.3) is 0 Å². The van der Waals surface area contributed by atoms with Crippen molar-refractivity contribution in [2.45, 2.75) is 38.7 Å². The number of benzene rings is 1. The summed E-state index contributed by atoms with van der Waals surface area (Å²) in [7, 11) is 0. The van der Waals surface area contributed by atoms with Gasteiger partial charge in [-0.2, -0.15) is 0 Å². The van der Waals surface area contributed by atoms with Crippen molar-refractivity contribution < 1.29 is 9.53 Å². The van der Waals surface area contributed by atoms with Gasteiger partial charge in [0.05, 0.1) is 0 Å². The Bertz CT molecular complexity index is 361. The van der Waals surface area contributed by atoms with E-state index in [4.69, 9.17) is 4.74 Å². The van der Waals surface area contributed by atoms with Crippen molar-refractivity contribution >= 4 is 5.78 Å². The topological polar surface area (TPSA) is 26.3 Å². The summed E-state index contributed by atoms with van der Waals surface area (Å²) in [5.74, 6) is 1.70. The molecule has 0 atom stereocenters. The summed E-state index contributed by atoms with van der Waals surface area (Å²) in [5.41, 5.74) is 1.22. The molecule has 2 nitrogen and oxygen atoms in total. The van der Waals surface area contributed by atoms with E-state index in [2.05, 4.69) is 19.9 Å². The number of hydrogen-bond donors (Lipinski definition) is 0. The van der Waals surface area contributed by atoms with Crippen molar-refractivity contribution in [3.05, 3.63) is 29.8 Å². The van der Waals surface area contributed by atoms with Gasteiger partial charge >= 0.3 is 0 Å². The standard InChI is InChI=1S/C13H16O2/c1-9(2)12-5-3-4-6-13(12)15-11-7-10(14)8-11/h3-6,9,11H,7-8H2,1-2H3. The van der Waals surface area contributed by atoms with Crippen LogP contribution in [0.1, 0.15) is 38.2 Å². The van der Waals surface area contributed by atoms with Crippen LogP contribution in [0.2, 0.25) is 0 Å². The molecule has 2 rings (SSSR count). The van der Waals surface area contributed by atoms with Crippen LogP contribution >= 0.6 is 0 Å². The molecule has 80 valence electrons. The summed E-state index contributed by atoms with van der Waals surface area (Å²) in [5, 5.41) is 0. The zero-order valence-corrected chi connectivity index (χ0v) is 9.19. The minimum absolute atomic E-state index is 0.109. The number of carbonyl (C=O) groups excluding carboxylic acids is 1. The summed E-state index contributed by atoms with van der Waals surface area (Å²) in [4.78, 5) is 10.8. The van der Waals surface area contributed by atoms with Crippen LogP contribution in [0.4, 0.5) is 0 Å². The van der Waals surface area contributed by atoms with Crippen LogP contribution in [-0.2, 0) is 4.79 Å². The maximum atomic E-state index is 10.8. The SMILES string of the molecule is CC(C)c1ccccc1OC1CC(=O)C1. The van der Waals surface area contributed by atoms with Crippen LogP contribution in [0, 0.1) is 0 Å². The third-order valence-corrected chi connectivity index (χ3v) is 2.75. The molecule has 0 unspecified atom stereocenters. The van der Waals surface area contributed by atoms with Crippen molar-refractivity contribution in [1.29, 1.82) is 0 Å². The first-order valence-electron chi connectivity index (χ1n) is 5.44. The molecule has 0 amide bonds. The number of rotatable bonds is 3. The number of ether oxygens (including phenoxy) is 1. The second-order valence-electron chi connectivity index (χ2n) is 4.38. The Morgan fingerprint density at radius 1 is 1.27 bits per heavy atom. The van der Waals surface area contributed by atoms with E-state index in [9.17, 15) is 4.79 Å². The third kappa shape index (κ3) is 2.20. The Morgan fingerprint density at radius 3 is 2.53 bits per heavy atom. The van der Waals surface area contributed by atoms with E-state index >= 15 is 0 Å². The van der Waals surface area contributed by atoms with Crippen LogP contribution in [0.5, 0.6) is 5.75 Å². The average Bonchev–Trinajstić information content (AvgIpc) is 2.16. The molecule has 0 aliphatic heterocycles. The van der Waals surface area contributed by atoms with Gasteiger partial charge in [0, 0.05) is 12.8 Å². The molecule has 0 bridgehead atoms. The lowest BCUT2D eigenvalue weighted by molar-refractivity contribution is -0.129. The van der Waals surface area contributed by atoms with Crippen LogP contribution in [0.15, 0.2) is 24.3 Å². The second-order valence-corrected chi connectivity index (χ2v) is 4.38. The first kappa shape index (κ1) is 10.2. The van der Waals surface area contributed by atoms with Gasteiger partial charge in [-0.3, -0.25) is 4.79 Å². The van der Waals surface area contributed by atoms with Crippen molar-refractivity contribution in [2.24, 2.45) is 0 Å². The van der Waals surface area contributed by atoms with Crippen molar-refractivity contribution in [3.8, 4) is 5.75 Å². The van der Waals surface area contributed by atoms with E-state index in [1.54, 1.807) is 0 Å². The number of para-hydroxylation sites is 1. The first-order chi connectivity index (χ1) is 7.16. The fourth-order valence-electron chi connectivity index (χ4n) is 1.78. The normalized spacial score (nSPS) is 16.6. The van der Waals surface area contributed by atoms with E-state index in [1.807, 2.05) is 18.2 Å². The Labute approximate surface area is 90.3 Å². The summed E-state index contributed by atoms with van der Waals surface area (Å²) in [6.07, 6.45) is 1.26. The highest BCUT2D eigenvalue weighted by molar-refractivity contribution is 5.85. The summed E-state index contributed by atoms with van der Waals surface area (Å²) in [6.45, 7) is 4.29. The molecule has 0 spiro atoms. The minimum Gasteiger partial charge on any atom is -0.489 e. The number of carbonyl (C=O) groups is 1. The predicted molar refractivity (Wildman–Crippen MR) is 59.2 cm³/mol. The van der Waals surface area contributed by atoms with Crippen LogP contribution in [-0.4, -0.2) is 11.9 Å². The molecule has 1 aromatic rings. The number of Topliss-reactive ketones (excluding diaryl/α,β-unsaturated/α-hetero) is 1. The zero-order chi connectivity index (χ0) is 10.8. The third-order valence-electron chi connectivity index (χ3n) is 2.75. The lowest BCUT2D eigenvalue weighted by Crippen LogP contribution is -2.34. The molecule has 2 heteroatoms. The molecule has 1 aliphatic rings. The first-order valence-corrected chi connectivity index (χ1v) is 5.44. The highest BCUT2D eigenvalue weighted by atomic mass is 16.5. The summed E-state index contributed by atoms with van der Waals surface area (Å²) < 4.78 is 5.79. The van der Waals surface area contributed by atoms with Gasteiger partial charge < -0.3 is 4.74 Å². The van der Waals surface area contributed by atoms with Crippen LogP contribution in [0.3, 0.4) is 0 Å². The van der Waals surface area contributed by atoms with Gasteiger partial charge in [0.1, 0.15) is 17.6 Å². The molecule has 0 saturated heterocycles. The molecular formula is C13H16O2. The smallest absolute Gasteiger partial charge is 0.140 e. The molecule has 0 N–H and O–H groups in total. The summed E-state index contributed by atoms with van der Waals surface area (Å²) >= 11 is 0. The molecule has 0 heterocycles. The van der Waals surface area contributed by atoms with E-state index in [0.29, 0.717) is 24.5 Å². The van der Waals surface area contributed by atoms with Gasteiger partial charge in [-0.05, 0) is 17.5 Å². The molecule has 1 aliphatic carbocycles. The van der Waals surface area contributed by atoms with Gasteiger partial charge in [0.15, 0.2) is 0 Å². The van der Waals surface area contributed by atoms with Gasteiger partial charge in [-0.15, -0.1) is 0 Å². The molecule has 1 saturated carbocycles. The van der Waals surface area contributed by atoms with Crippen LogP contribution < -0.4 is 4.74 Å². The molecule has 15 heavy (non-hydrogen) atoms. The lowest BCUT2D eigenvalue weighted by Gasteiger charge is -2.26. The Hall–Kier alpha value is -1.31. The van der Waals surface area contributed by atoms with E-state index in [-0.39, 0.29) is 6.10 Å². The van der Waals surface area contributed by atoms with Gasteiger partial charge in [-0.1, -0.05) is 32.0 Å². The fraction of sp³-hybridized carbons (Fsp3) is 0.462. The second kappa shape index (κ2) is 4.05.